The molecule has 5 rings (SSSR count). The molecule has 0 aliphatic carbocycles. The number of nitrogens with one attached hydrogen (secondary N) is 1. The van der Waals surface area contributed by atoms with E-state index in [0.717, 1.165) is 43.0 Å². The third-order valence-electron chi connectivity index (χ3n) is 7.63. The van der Waals surface area contributed by atoms with Crippen LogP contribution >= 0.6 is 11.8 Å². The van der Waals surface area contributed by atoms with E-state index in [9.17, 15) is 4.79 Å². The zero-order valence-corrected chi connectivity index (χ0v) is 26.5. The van der Waals surface area contributed by atoms with Crippen molar-refractivity contribution < 1.29 is 9.53 Å². The Labute approximate surface area is 260 Å². The van der Waals surface area contributed by atoms with Gasteiger partial charge in [0.1, 0.15) is 5.60 Å². The fourth-order valence-electron chi connectivity index (χ4n) is 5.32. The number of piperazine rings is 1. The maximum atomic E-state index is 12.3. The lowest BCUT2D eigenvalue weighted by molar-refractivity contribution is 0.0240. The van der Waals surface area contributed by atoms with Crippen molar-refractivity contribution in [2.45, 2.75) is 57.0 Å². The monoisotopic (exact) mass is 596 g/mol. The molecular weight excluding hydrogens is 552 g/mol. The number of benzene rings is 3. The molecule has 1 aromatic heterocycles. The maximum Gasteiger partial charge on any atom is 0.410 e. The maximum absolute atomic E-state index is 12.3. The van der Waals surface area contributed by atoms with Gasteiger partial charge in [-0.25, -0.2) is 4.79 Å². The third kappa shape index (κ3) is 8.90. The van der Waals surface area contributed by atoms with E-state index >= 15 is 0 Å². The molecule has 7 heteroatoms. The van der Waals surface area contributed by atoms with Crippen LogP contribution in [-0.4, -0.2) is 60.1 Å². The number of hydrogen-bond acceptors (Lipinski definition) is 6. The largest absolute Gasteiger partial charge is 0.444 e. The van der Waals surface area contributed by atoms with Gasteiger partial charge in [0.15, 0.2) is 0 Å². The molecule has 0 bridgehead atoms. The molecule has 1 amide bonds. The van der Waals surface area contributed by atoms with Crippen LogP contribution in [0.2, 0.25) is 0 Å². The van der Waals surface area contributed by atoms with E-state index in [1.165, 1.54) is 46.4 Å². The molecule has 0 saturated carbocycles. The molecule has 0 radical (unpaired) electrons. The summed E-state index contributed by atoms with van der Waals surface area (Å²) in [5, 5.41) is 4.82. The number of unbranched alkanes of at least 4 members (excludes halogenated alkanes) is 3. The number of anilines is 2. The summed E-state index contributed by atoms with van der Waals surface area (Å²) in [5.74, 6) is 1.12. The van der Waals surface area contributed by atoms with Gasteiger partial charge in [-0.3, -0.25) is 4.98 Å². The van der Waals surface area contributed by atoms with Gasteiger partial charge < -0.3 is 19.9 Å². The van der Waals surface area contributed by atoms with Gasteiger partial charge in [-0.1, -0.05) is 49.2 Å². The average Bonchev–Trinajstić information content (AvgIpc) is 3.02. The zero-order valence-electron chi connectivity index (χ0n) is 25.7. The Morgan fingerprint density at radius 2 is 1.60 bits per heavy atom. The predicted octanol–water partition coefficient (Wildman–Crippen LogP) is 8.72. The van der Waals surface area contributed by atoms with E-state index in [2.05, 4.69) is 94.1 Å². The molecule has 4 aromatic rings. The minimum atomic E-state index is -0.458. The molecule has 1 N–H and O–H groups in total. The summed E-state index contributed by atoms with van der Waals surface area (Å²) in [7, 11) is 0. The highest BCUT2D eigenvalue weighted by Gasteiger charge is 2.25. The highest BCUT2D eigenvalue weighted by atomic mass is 32.2. The average molecular weight is 597 g/mol. The normalized spacial score (nSPS) is 13.7. The van der Waals surface area contributed by atoms with Crippen LogP contribution in [0.5, 0.6) is 0 Å². The highest BCUT2D eigenvalue weighted by molar-refractivity contribution is 7.99. The summed E-state index contributed by atoms with van der Waals surface area (Å²) in [4.78, 5) is 22.4. The van der Waals surface area contributed by atoms with Crippen LogP contribution < -0.4 is 10.2 Å². The second-order valence-electron chi connectivity index (χ2n) is 12.1. The van der Waals surface area contributed by atoms with Crippen molar-refractivity contribution in [3.63, 3.8) is 0 Å². The lowest BCUT2D eigenvalue weighted by Crippen LogP contribution is -2.50. The highest BCUT2D eigenvalue weighted by Crippen LogP contribution is 2.31. The number of thioether (sulfide) groups is 1. The number of nitrogens with zero attached hydrogens (tertiary/aromatic N) is 3. The Hall–Kier alpha value is -3.71. The zero-order chi connectivity index (χ0) is 30.1. The summed E-state index contributed by atoms with van der Waals surface area (Å²) in [6, 6.07) is 28.0. The molecule has 1 aliphatic rings. The van der Waals surface area contributed by atoms with Gasteiger partial charge in [-0.2, -0.15) is 0 Å². The lowest BCUT2D eigenvalue weighted by atomic mass is 10.0. The summed E-state index contributed by atoms with van der Waals surface area (Å²) < 4.78 is 5.51. The first-order valence-corrected chi connectivity index (χ1v) is 16.5. The molecule has 1 saturated heterocycles. The van der Waals surface area contributed by atoms with Crippen LogP contribution in [0.1, 0.15) is 46.5 Å². The molecule has 43 heavy (non-hydrogen) atoms. The van der Waals surface area contributed by atoms with Crippen molar-refractivity contribution >= 4 is 40.1 Å². The molecule has 0 unspecified atom stereocenters. The molecule has 3 aromatic carbocycles. The Balaban J connectivity index is 0.982. The van der Waals surface area contributed by atoms with Crippen LogP contribution in [0, 0.1) is 0 Å². The molecule has 0 spiro atoms. The second kappa shape index (κ2) is 14.6. The Kier molecular flexibility index (Phi) is 10.5. The smallest absolute Gasteiger partial charge is 0.410 e. The Morgan fingerprint density at radius 1 is 0.860 bits per heavy atom. The quantitative estimate of drug-likeness (QED) is 0.138. The van der Waals surface area contributed by atoms with E-state index in [0.29, 0.717) is 13.1 Å². The Morgan fingerprint density at radius 3 is 2.35 bits per heavy atom. The van der Waals surface area contributed by atoms with Crippen LogP contribution in [0.3, 0.4) is 0 Å². The molecule has 6 nitrogen and oxygen atoms in total. The SMILES string of the molecule is CC(C)(C)OC(=O)N1CCN(c2ccc(NCCCCCCSc3ccnc4ccc(-c5ccccc5)cc34)cc2)CC1. The van der Waals surface area contributed by atoms with Crippen molar-refractivity contribution in [1.29, 1.82) is 0 Å². The van der Waals surface area contributed by atoms with E-state index in [-0.39, 0.29) is 6.09 Å². The van der Waals surface area contributed by atoms with E-state index in [1.54, 1.807) is 4.90 Å². The van der Waals surface area contributed by atoms with E-state index in [4.69, 9.17) is 4.74 Å². The number of aromatic nitrogens is 1. The summed E-state index contributed by atoms with van der Waals surface area (Å²) in [6.45, 7) is 9.70. The van der Waals surface area contributed by atoms with E-state index < -0.39 is 5.60 Å². The minimum Gasteiger partial charge on any atom is -0.444 e. The number of pyridine rings is 1. The van der Waals surface area contributed by atoms with Gasteiger partial charge in [-0.15, -0.1) is 11.8 Å². The van der Waals surface area contributed by atoms with Gasteiger partial charge in [0.05, 0.1) is 5.52 Å². The number of amides is 1. The number of rotatable bonds is 11. The number of hydrogen-bond donors (Lipinski definition) is 1. The van der Waals surface area contributed by atoms with E-state index in [1.807, 2.05) is 38.7 Å². The summed E-state index contributed by atoms with van der Waals surface area (Å²) in [5.41, 5.74) is 5.44. The third-order valence-corrected chi connectivity index (χ3v) is 8.79. The van der Waals surface area contributed by atoms with Crippen LogP contribution in [0.4, 0.5) is 16.2 Å². The molecule has 1 fully saturated rings. The Bertz CT molecular complexity index is 1460. The topological polar surface area (TPSA) is 57.7 Å². The summed E-state index contributed by atoms with van der Waals surface area (Å²) >= 11 is 1.95. The summed E-state index contributed by atoms with van der Waals surface area (Å²) in [6.07, 6.45) is 6.55. The van der Waals surface area contributed by atoms with Crippen molar-refractivity contribution in [2.75, 3.05) is 48.7 Å². The number of carbonyl (C=O) groups is 1. The van der Waals surface area contributed by atoms with Crippen LogP contribution in [-0.2, 0) is 4.74 Å². The first-order chi connectivity index (χ1) is 20.9. The molecule has 0 atom stereocenters. The second-order valence-corrected chi connectivity index (χ2v) is 13.2. The molecule has 2 heterocycles. The van der Waals surface area contributed by atoms with Crippen LogP contribution in [0.15, 0.2) is 90.0 Å². The van der Waals surface area contributed by atoms with Gasteiger partial charge in [0, 0.05) is 60.6 Å². The first kappa shape index (κ1) is 30.7. The van der Waals surface area contributed by atoms with Crippen molar-refractivity contribution in [3.8, 4) is 11.1 Å². The van der Waals surface area contributed by atoms with Crippen molar-refractivity contribution in [2.24, 2.45) is 0 Å². The van der Waals surface area contributed by atoms with Gasteiger partial charge in [0.2, 0.25) is 0 Å². The fraction of sp³-hybridized carbons (Fsp3) is 0.389. The lowest BCUT2D eigenvalue weighted by Gasteiger charge is -2.36. The molecular formula is C36H44N4O2S. The number of carbonyl (C=O) groups excluding carboxylic acids is 1. The fourth-order valence-corrected chi connectivity index (χ4v) is 6.36. The van der Waals surface area contributed by atoms with Crippen molar-refractivity contribution in [1.82, 2.24) is 9.88 Å². The standard InChI is InChI=1S/C36H44N4O2S/c1-36(2,3)42-35(41)40-24-22-39(23-25-40)31-16-14-30(15-17-31)37-20-9-4-5-10-26-43-34-19-21-38-33-18-13-29(27-32(33)34)28-11-7-6-8-12-28/h6-8,11-19,21,27,37H,4-5,9-10,20,22-26H2,1-3H3. The number of ether oxygens (including phenoxy) is 1. The van der Waals surface area contributed by atoms with Crippen molar-refractivity contribution in [3.05, 3.63) is 85.1 Å². The van der Waals surface area contributed by atoms with Gasteiger partial charge in [-0.05, 0) is 93.0 Å². The van der Waals surface area contributed by atoms with Gasteiger partial charge in [0.25, 0.3) is 0 Å². The molecule has 226 valence electrons. The minimum absolute atomic E-state index is 0.217. The number of fused-ring (bicyclic) bond motifs is 1. The predicted molar refractivity (Wildman–Crippen MR) is 181 cm³/mol. The van der Waals surface area contributed by atoms with Crippen LogP contribution in [0.25, 0.3) is 22.0 Å². The first-order valence-electron chi connectivity index (χ1n) is 15.5. The van der Waals surface area contributed by atoms with Gasteiger partial charge >= 0.3 is 6.09 Å². The molecule has 1 aliphatic heterocycles.